The van der Waals surface area contributed by atoms with Gasteiger partial charge in [0, 0.05) is 24.8 Å². The smallest absolute Gasteiger partial charge is 0.0537 e. The second kappa shape index (κ2) is 5.48. The molecule has 3 heteroatoms. The molecule has 1 rings (SSSR count). The molecule has 1 aromatic rings. The van der Waals surface area contributed by atoms with Crippen LogP contribution in [0, 0.1) is 5.41 Å². The number of aromatic nitrogens is 2. The average molecular weight is 223 g/mol. The Balaban J connectivity index is 2.23. The normalized spacial score (nSPS) is 14.1. The summed E-state index contributed by atoms with van der Waals surface area (Å²) in [6, 6.07) is 0.397. The molecular formula is C13H25N3. The fourth-order valence-electron chi connectivity index (χ4n) is 1.72. The summed E-state index contributed by atoms with van der Waals surface area (Å²) < 4.78 is 1.85. The van der Waals surface area contributed by atoms with Gasteiger partial charge in [-0.2, -0.15) is 5.10 Å². The summed E-state index contributed by atoms with van der Waals surface area (Å²) in [6.45, 7) is 10.1. The van der Waals surface area contributed by atoms with Gasteiger partial charge < -0.3 is 5.32 Å². The first kappa shape index (κ1) is 13.2. The lowest BCUT2D eigenvalue weighted by Crippen LogP contribution is -2.20. The zero-order chi connectivity index (χ0) is 12.2. The molecule has 1 unspecified atom stereocenters. The van der Waals surface area contributed by atoms with Crippen LogP contribution in [0.1, 0.15) is 52.1 Å². The second-order valence-corrected chi connectivity index (χ2v) is 5.79. The molecule has 0 amide bonds. The van der Waals surface area contributed by atoms with Crippen molar-refractivity contribution in [1.29, 1.82) is 0 Å². The number of hydrogen-bond donors (Lipinski definition) is 1. The summed E-state index contributed by atoms with van der Waals surface area (Å²) in [7, 11) is 1.95. The molecular weight excluding hydrogens is 198 g/mol. The van der Waals surface area contributed by atoms with Crippen LogP contribution in [-0.4, -0.2) is 16.3 Å². The van der Waals surface area contributed by atoms with E-state index in [1.54, 1.807) is 0 Å². The van der Waals surface area contributed by atoms with Crippen molar-refractivity contribution >= 4 is 0 Å². The number of nitrogens with one attached hydrogen (secondary N) is 1. The Hall–Kier alpha value is -0.830. The third-order valence-electron chi connectivity index (χ3n) is 2.78. The number of hydrogen-bond acceptors (Lipinski definition) is 2. The van der Waals surface area contributed by atoms with Gasteiger partial charge in [0.1, 0.15) is 0 Å². The molecule has 1 N–H and O–H groups in total. The minimum absolute atomic E-state index is 0.397. The molecule has 92 valence electrons. The Morgan fingerprint density at radius 1 is 1.44 bits per heavy atom. The summed E-state index contributed by atoms with van der Waals surface area (Å²) in [4.78, 5) is 0. The minimum atomic E-state index is 0.397. The van der Waals surface area contributed by atoms with Crippen LogP contribution in [0.2, 0.25) is 0 Å². The van der Waals surface area contributed by atoms with E-state index < -0.39 is 0 Å². The molecule has 1 aromatic heterocycles. The second-order valence-electron chi connectivity index (χ2n) is 5.79. The zero-order valence-electron chi connectivity index (χ0n) is 11.2. The molecule has 0 saturated carbocycles. The first-order valence-electron chi connectivity index (χ1n) is 6.10. The van der Waals surface area contributed by atoms with Crippen LogP contribution in [0.4, 0.5) is 0 Å². The van der Waals surface area contributed by atoms with Crippen LogP contribution in [0.5, 0.6) is 0 Å². The lowest BCUT2D eigenvalue weighted by atomic mass is 9.90. The Bertz CT molecular complexity index is 309. The molecule has 3 nitrogen and oxygen atoms in total. The fourth-order valence-corrected chi connectivity index (χ4v) is 1.72. The third-order valence-corrected chi connectivity index (χ3v) is 2.78. The van der Waals surface area contributed by atoms with Crippen molar-refractivity contribution in [2.45, 2.75) is 46.6 Å². The topological polar surface area (TPSA) is 29.9 Å². The molecule has 0 radical (unpaired) electrons. The van der Waals surface area contributed by atoms with Crippen LogP contribution in [0.15, 0.2) is 12.4 Å². The van der Waals surface area contributed by atoms with Gasteiger partial charge >= 0.3 is 0 Å². The molecule has 0 aliphatic rings. The third kappa shape index (κ3) is 4.79. The van der Waals surface area contributed by atoms with Crippen molar-refractivity contribution in [3.8, 4) is 0 Å². The minimum Gasteiger partial charge on any atom is -0.310 e. The molecule has 0 bridgehead atoms. The number of rotatable bonds is 5. The van der Waals surface area contributed by atoms with E-state index >= 15 is 0 Å². The standard InChI is InChI=1S/C13H25N3/c1-11(12-9-15-16(5)10-12)14-8-6-7-13(2,3)4/h9-11,14H,6-8H2,1-5H3. The van der Waals surface area contributed by atoms with E-state index in [2.05, 4.69) is 44.3 Å². The Morgan fingerprint density at radius 2 is 2.12 bits per heavy atom. The zero-order valence-corrected chi connectivity index (χ0v) is 11.2. The average Bonchev–Trinajstić information content (AvgIpc) is 2.57. The van der Waals surface area contributed by atoms with Crippen molar-refractivity contribution in [3.05, 3.63) is 18.0 Å². The van der Waals surface area contributed by atoms with E-state index in [9.17, 15) is 0 Å². The monoisotopic (exact) mass is 223 g/mol. The summed E-state index contributed by atoms with van der Waals surface area (Å²) >= 11 is 0. The van der Waals surface area contributed by atoms with E-state index in [0.717, 1.165) is 6.54 Å². The first-order valence-corrected chi connectivity index (χ1v) is 6.10. The van der Waals surface area contributed by atoms with Crippen molar-refractivity contribution in [2.75, 3.05) is 6.54 Å². The van der Waals surface area contributed by atoms with Gasteiger partial charge in [0.05, 0.1) is 6.20 Å². The van der Waals surface area contributed by atoms with Gasteiger partial charge in [-0.1, -0.05) is 20.8 Å². The van der Waals surface area contributed by atoms with Crippen molar-refractivity contribution in [2.24, 2.45) is 12.5 Å². The molecule has 0 aliphatic heterocycles. The highest BCUT2D eigenvalue weighted by Crippen LogP contribution is 2.20. The maximum atomic E-state index is 4.18. The van der Waals surface area contributed by atoms with E-state index in [0.29, 0.717) is 11.5 Å². The number of aryl methyl sites for hydroxylation is 1. The highest BCUT2D eigenvalue weighted by molar-refractivity contribution is 5.08. The van der Waals surface area contributed by atoms with Gasteiger partial charge in [-0.3, -0.25) is 4.68 Å². The lowest BCUT2D eigenvalue weighted by Gasteiger charge is -2.19. The van der Waals surface area contributed by atoms with E-state index in [1.807, 2.05) is 17.9 Å². The Labute approximate surface area is 99.2 Å². The molecule has 16 heavy (non-hydrogen) atoms. The molecule has 1 heterocycles. The Morgan fingerprint density at radius 3 is 2.62 bits per heavy atom. The maximum absolute atomic E-state index is 4.18. The van der Waals surface area contributed by atoms with Gasteiger partial charge in [-0.05, 0) is 31.7 Å². The van der Waals surface area contributed by atoms with Gasteiger partial charge in [0.2, 0.25) is 0 Å². The molecule has 0 fully saturated rings. The van der Waals surface area contributed by atoms with E-state index in [-0.39, 0.29) is 0 Å². The van der Waals surface area contributed by atoms with Crippen LogP contribution in [-0.2, 0) is 7.05 Å². The predicted molar refractivity (Wildman–Crippen MR) is 68.3 cm³/mol. The maximum Gasteiger partial charge on any atom is 0.0537 e. The largest absolute Gasteiger partial charge is 0.310 e. The highest BCUT2D eigenvalue weighted by Gasteiger charge is 2.10. The summed E-state index contributed by atoms with van der Waals surface area (Å²) in [5.74, 6) is 0. The Kier molecular flexibility index (Phi) is 4.54. The quantitative estimate of drug-likeness (QED) is 0.778. The summed E-state index contributed by atoms with van der Waals surface area (Å²) in [5.41, 5.74) is 1.71. The molecule has 1 atom stereocenters. The van der Waals surface area contributed by atoms with Crippen LogP contribution >= 0.6 is 0 Å². The van der Waals surface area contributed by atoms with E-state index in [4.69, 9.17) is 0 Å². The summed E-state index contributed by atoms with van der Waals surface area (Å²) in [6.07, 6.45) is 6.50. The SMILES string of the molecule is CC(NCCCC(C)(C)C)c1cnn(C)c1. The van der Waals surface area contributed by atoms with Crippen molar-refractivity contribution < 1.29 is 0 Å². The summed E-state index contributed by atoms with van der Waals surface area (Å²) in [5, 5.41) is 7.71. The highest BCUT2D eigenvalue weighted by atomic mass is 15.2. The van der Waals surface area contributed by atoms with Crippen LogP contribution < -0.4 is 5.32 Å². The molecule has 0 aromatic carbocycles. The van der Waals surface area contributed by atoms with E-state index in [1.165, 1.54) is 18.4 Å². The first-order chi connectivity index (χ1) is 7.38. The van der Waals surface area contributed by atoms with Gasteiger partial charge in [0.15, 0.2) is 0 Å². The molecule has 0 saturated heterocycles. The lowest BCUT2D eigenvalue weighted by molar-refractivity contribution is 0.357. The van der Waals surface area contributed by atoms with Crippen LogP contribution in [0.25, 0.3) is 0 Å². The van der Waals surface area contributed by atoms with Crippen LogP contribution in [0.3, 0.4) is 0 Å². The van der Waals surface area contributed by atoms with Gasteiger partial charge in [0.25, 0.3) is 0 Å². The predicted octanol–water partition coefficient (Wildman–Crippen LogP) is 2.90. The molecule has 0 aliphatic carbocycles. The fraction of sp³-hybridized carbons (Fsp3) is 0.769. The van der Waals surface area contributed by atoms with Gasteiger partial charge in [-0.25, -0.2) is 0 Å². The molecule has 0 spiro atoms. The van der Waals surface area contributed by atoms with Crippen molar-refractivity contribution in [3.63, 3.8) is 0 Å². The number of nitrogens with zero attached hydrogens (tertiary/aromatic N) is 2. The van der Waals surface area contributed by atoms with Gasteiger partial charge in [-0.15, -0.1) is 0 Å². The van der Waals surface area contributed by atoms with Crippen molar-refractivity contribution in [1.82, 2.24) is 15.1 Å².